The summed E-state index contributed by atoms with van der Waals surface area (Å²) < 4.78 is 5.04. The third-order valence-electron chi connectivity index (χ3n) is 10.5. The average Bonchev–Trinajstić information content (AvgIpc) is 3.86. The largest absolute Gasteiger partial charge is 0.511 e. The number of aliphatic imine (C=N–C) groups is 3. The Morgan fingerprint density at radius 2 is 1.71 bits per heavy atom. The summed E-state index contributed by atoms with van der Waals surface area (Å²) in [7, 11) is 1.41. The Hall–Kier alpha value is -5.26. The molecule has 5 aliphatic heterocycles. The second-order valence-corrected chi connectivity index (χ2v) is 13.1. The van der Waals surface area contributed by atoms with Gasteiger partial charge in [-0.25, -0.2) is 15.0 Å². The lowest BCUT2D eigenvalue weighted by Gasteiger charge is -2.17. The molecule has 1 fully saturated rings. The summed E-state index contributed by atoms with van der Waals surface area (Å²) in [4.78, 5) is 27.8. The number of ether oxygens (including phenoxy) is 1. The minimum atomic E-state index is -0.276. The van der Waals surface area contributed by atoms with Gasteiger partial charge in [-0.2, -0.15) is 0 Å². The minimum absolute atomic E-state index is 0.0921. The van der Waals surface area contributed by atoms with Crippen molar-refractivity contribution in [2.45, 2.75) is 60.3 Å². The zero-order valence-electron chi connectivity index (χ0n) is 28.8. The maximum Gasteiger partial charge on any atom is 0.305 e. The molecule has 2 atom stereocenters. The molecule has 1 saturated heterocycles. The molecule has 8 heteroatoms. The summed E-state index contributed by atoms with van der Waals surface area (Å²) in [5, 5.41) is 25.9. The van der Waals surface area contributed by atoms with E-state index in [0.717, 1.165) is 90.8 Å². The molecule has 248 valence electrons. The van der Waals surface area contributed by atoms with Crippen LogP contribution in [0.4, 0.5) is 0 Å². The molecule has 0 amide bonds. The number of hydrogen-bond donors (Lipinski definition) is 3. The van der Waals surface area contributed by atoms with Gasteiger partial charge in [0.25, 0.3) is 0 Å². The number of methoxy groups -OCH3 is 1. The van der Waals surface area contributed by atoms with Crippen LogP contribution in [-0.4, -0.2) is 47.0 Å². The van der Waals surface area contributed by atoms with E-state index in [1.165, 1.54) is 7.11 Å². The van der Waals surface area contributed by atoms with Gasteiger partial charge >= 0.3 is 5.97 Å². The van der Waals surface area contributed by atoms with Crippen molar-refractivity contribution < 1.29 is 19.7 Å². The van der Waals surface area contributed by atoms with E-state index in [2.05, 4.69) is 37.9 Å². The van der Waals surface area contributed by atoms with Crippen LogP contribution in [0.15, 0.2) is 136 Å². The molecule has 0 spiro atoms. The molecule has 1 aromatic rings. The summed E-state index contributed by atoms with van der Waals surface area (Å²) in [6.45, 7) is 10.1. The standard InChI is InChI=1S/C41H40N4O4/c1-7-26-21(2)31-18-34-30(20-46)23(4)38(44-34)28(14-13-25-11-9-8-10-12-25)39-22(3)27(15-16-36(48)49-6)40(45-39)29-17-35(47)37-24(5)32(43-41(29)37)19-33(26)42-31/h8-12,18-19,22,27,45-47H,7,15-17,20H2,1-6H3/t22-,27-/m0/s1. The lowest BCUT2D eigenvalue weighted by Crippen LogP contribution is -2.16. The predicted molar refractivity (Wildman–Crippen MR) is 193 cm³/mol. The van der Waals surface area contributed by atoms with Gasteiger partial charge in [0, 0.05) is 58.4 Å². The van der Waals surface area contributed by atoms with Crippen LogP contribution in [0, 0.1) is 23.7 Å². The molecule has 1 aliphatic carbocycles. The number of esters is 1. The topological polar surface area (TPSA) is 116 Å². The second-order valence-electron chi connectivity index (χ2n) is 13.1. The van der Waals surface area contributed by atoms with E-state index in [1.54, 1.807) is 0 Å². The van der Waals surface area contributed by atoms with Crippen molar-refractivity contribution in [3.63, 3.8) is 0 Å². The van der Waals surface area contributed by atoms with Crippen molar-refractivity contribution in [3.05, 3.63) is 127 Å². The van der Waals surface area contributed by atoms with Crippen molar-refractivity contribution in [3.8, 4) is 11.8 Å². The Balaban J connectivity index is 1.53. The fraction of sp³-hybridized carbons (Fsp3) is 0.317. The molecule has 0 unspecified atom stereocenters. The first-order chi connectivity index (χ1) is 23.6. The number of benzene rings is 1. The molecule has 7 rings (SSSR count). The molecule has 0 aromatic heterocycles. The number of rotatable bonds is 5. The Kier molecular flexibility index (Phi) is 8.33. The molecular weight excluding hydrogens is 612 g/mol. The quantitative estimate of drug-likeness (QED) is 0.234. The van der Waals surface area contributed by atoms with Crippen LogP contribution in [0.5, 0.6) is 0 Å². The van der Waals surface area contributed by atoms with Gasteiger partial charge in [-0.1, -0.05) is 43.9 Å². The Bertz CT molecular complexity index is 2130. The summed E-state index contributed by atoms with van der Waals surface area (Å²) in [5.74, 6) is 6.65. The lowest BCUT2D eigenvalue weighted by atomic mass is 9.84. The number of nitrogens with one attached hydrogen (secondary N) is 1. The average molecular weight is 653 g/mol. The van der Waals surface area contributed by atoms with E-state index in [4.69, 9.17) is 19.7 Å². The molecule has 3 N–H and O–H groups in total. The van der Waals surface area contributed by atoms with Gasteiger partial charge in [-0.15, -0.1) is 0 Å². The highest BCUT2D eigenvalue weighted by molar-refractivity contribution is 6.22. The Morgan fingerprint density at radius 1 is 0.959 bits per heavy atom. The van der Waals surface area contributed by atoms with E-state index in [-0.39, 0.29) is 36.6 Å². The van der Waals surface area contributed by atoms with Crippen LogP contribution < -0.4 is 5.32 Å². The van der Waals surface area contributed by atoms with Crippen LogP contribution in [0.25, 0.3) is 0 Å². The number of fused-ring (bicyclic) bond motifs is 5. The summed E-state index contributed by atoms with van der Waals surface area (Å²) in [5.41, 5.74) is 14.2. The van der Waals surface area contributed by atoms with Crippen molar-refractivity contribution in [1.29, 1.82) is 0 Å². The number of nitrogens with zero attached hydrogens (tertiary/aromatic N) is 3. The van der Waals surface area contributed by atoms with Crippen molar-refractivity contribution in [1.82, 2.24) is 5.32 Å². The number of carbonyl (C=O) groups excluding carboxylic acids is 1. The van der Waals surface area contributed by atoms with Gasteiger partial charge in [0.05, 0.1) is 53.5 Å². The SMILES string of the molecule is CCC1=C(C)C2=NC1=CC1=C(C)C3=C(O)CC(=C4NC(=C(C#Cc5ccccc5)C5=NC(=C2)C(CO)=C5C)[C@@H](C)[C@@H]4CCC(=O)OC)C3=N1. The van der Waals surface area contributed by atoms with Gasteiger partial charge in [-0.05, 0) is 80.2 Å². The fourth-order valence-electron chi connectivity index (χ4n) is 7.67. The first-order valence-corrected chi connectivity index (χ1v) is 16.9. The molecule has 0 saturated carbocycles. The summed E-state index contributed by atoms with van der Waals surface area (Å²) in [6, 6.07) is 9.82. The summed E-state index contributed by atoms with van der Waals surface area (Å²) >= 11 is 0. The summed E-state index contributed by atoms with van der Waals surface area (Å²) in [6.07, 6.45) is 5.87. The molecule has 8 nitrogen and oxygen atoms in total. The second kappa shape index (κ2) is 12.6. The third kappa shape index (κ3) is 5.39. The highest BCUT2D eigenvalue weighted by atomic mass is 16.5. The molecule has 1 aromatic carbocycles. The smallest absolute Gasteiger partial charge is 0.305 e. The Morgan fingerprint density at radius 3 is 2.43 bits per heavy atom. The normalized spacial score (nSPS) is 22.7. The zero-order chi connectivity index (χ0) is 34.6. The van der Waals surface area contributed by atoms with Gasteiger partial charge in [0.15, 0.2) is 0 Å². The molecule has 5 heterocycles. The third-order valence-corrected chi connectivity index (χ3v) is 10.5. The van der Waals surface area contributed by atoms with E-state index >= 15 is 0 Å². The van der Waals surface area contributed by atoms with Crippen molar-refractivity contribution >= 4 is 23.1 Å². The first-order valence-electron chi connectivity index (χ1n) is 16.9. The van der Waals surface area contributed by atoms with Crippen LogP contribution in [0.1, 0.15) is 65.9 Å². The minimum Gasteiger partial charge on any atom is -0.511 e. The molecule has 49 heavy (non-hydrogen) atoms. The van der Waals surface area contributed by atoms with Crippen molar-refractivity contribution in [2.24, 2.45) is 26.8 Å². The van der Waals surface area contributed by atoms with E-state index in [9.17, 15) is 15.0 Å². The van der Waals surface area contributed by atoms with Gasteiger partial charge in [0.2, 0.25) is 0 Å². The van der Waals surface area contributed by atoms with E-state index < -0.39 is 0 Å². The molecule has 8 bridgehead atoms. The van der Waals surface area contributed by atoms with Crippen LogP contribution in [0.3, 0.4) is 0 Å². The molecule has 0 radical (unpaired) electrons. The van der Waals surface area contributed by atoms with E-state index in [1.807, 2.05) is 56.3 Å². The predicted octanol–water partition coefficient (Wildman–Crippen LogP) is 7.03. The van der Waals surface area contributed by atoms with Gasteiger partial charge < -0.3 is 20.3 Å². The zero-order valence-corrected chi connectivity index (χ0v) is 28.8. The molecular formula is C41H40N4O4. The van der Waals surface area contributed by atoms with Gasteiger partial charge in [-0.3, -0.25) is 4.79 Å². The highest BCUT2D eigenvalue weighted by Crippen LogP contribution is 2.47. The first kappa shape index (κ1) is 32.3. The van der Waals surface area contributed by atoms with Crippen molar-refractivity contribution in [2.75, 3.05) is 13.7 Å². The fourth-order valence-corrected chi connectivity index (χ4v) is 7.67. The number of carbonyl (C=O) groups is 1. The monoisotopic (exact) mass is 652 g/mol. The maximum absolute atomic E-state index is 12.5. The lowest BCUT2D eigenvalue weighted by molar-refractivity contribution is -0.140. The number of aliphatic hydroxyl groups excluding tert-OH is 2. The van der Waals surface area contributed by atoms with Crippen LogP contribution >= 0.6 is 0 Å². The number of allylic oxidation sites excluding steroid dienone is 11. The molecule has 6 aliphatic rings. The Labute approximate surface area is 287 Å². The highest BCUT2D eigenvalue weighted by Gasteiger charge is 2.42. The van der Waals surface area contributed by atoms with Crippen LogP contribution in [-0.2, 0) is 9.53 Å². The number of aliphatic hydroxyl groups is 2. The van der Waals surface area contributed by atoms with Crippen LogP contribution in [0.2, 0.25) is 0 Å². The van der Waals surface area contributed by atoms with Gasteiger partial charge in [0.1, 0.15) is 5.76 Å². The number of hydrogen-bond acceptors (Lipinski definition) is 8. The van der Waals surface area contributed by atoms with E-state index in [0.29, 0.717) is 24.3 Å². The maximum atomic E-state index is 12.5.